The lowest BCUT2D eigenvalue weighted by Crippen LogP contribution is -2.32. The molecule has 0 atom stereocenters. The highest BCUT2D eigenvalue weighted by molar-refractivity contribution is 6.69. The fraction of sp³-hybridized carbons (Fsp3) is 0.400. The first-order valence-electron chi connectivity index (χ1n) is 8.66. The van der Waals surface area contributed by atoms with Gasteiger partial charge in [0, 0.05) is 18.8 Å². The van der Waals surface area contributed by atoms with Crippen LogP contribution in [0.1, 0.15) is 24.5 Å². The second kappa shape index (κ2) is 8.90. The zero-order valence-electron chi connectivity index (χ0n) is 15.0. The Kier molecular flexibility index (Phi) is 6.87. The fourth-order valence-corrected chi connectivity index (χ4v) is 4.69. The highest BCUT2D eigenvalue weighted by Gasteiger charge is 2.06. The van der Waals surface area contributed by atoms with Crippen molar-refractivity contribution in [2.45, 2.75) is 27.2 Å². The molecule has 0 aromatic heterocycles. The van der Waals surface area contributed by atoms with Gasteiger partial charge in [-0.25, -0.2) is 0 Å². The molecule has 2 nitrogen and oxygen atoms in total. The predicted molar refractivity (Wildman–Crippen MR) is 106 cm³/mol. The Morgan fingerprint density at radius 1 is 1.00 bits per heavy atom. The molecule has 0 fully saturated rings. The van der Waals surface area contributed by atoms with E-state index in [2.05, 4.69) is 80.5 Å². The maximum absolute atomic E-state index is 3.65. The van der Waals surface area contributed by atoms with E-state index < -0.39 is 9.52 Å². The molecule has 0 amide bonds. The van der Waals surface area contributed by atoms with Crippen LogP contribution in [0, 0.1) is 13.8 Å². The van der Waals surface area contributed by atoms with Crippen molar-refractivity contribution < 1.29 is 0 Å². The van der Waals surface area contributed by atoms with Crippen molar-refractivity contribution in [3.05, 3.63) is 53.6 Å². The van der Waals surface area contributed by atoms with Gasteiger partial charge in [0.1, 0.15) is 0 Å². The summed E-state index contributed by atoms with van der Waals surface area (Å²) in [6, 6.07) is 15.7. The van der Waals surface area contributed by atoms with Crippen molar-refractivity contribution in [3.63, 3.8) is 0 Å². The van der Waals surface area contributed by atoms with Crippen LogP contribution in [-0.2, 0) is 0 Å². The van der Waals surface area contributed by atoms with Gasteiger partial charge in [-0.1, -0.05) is 59.6 Å². The Bertz CT molecular complexity index is 625. The van der Waals surface area contributed by atoms with Crippen molar-refractivity contribution in [1.82, 2.24) is 4.90 Å². The third-order valence-corrected chi connectivity index (χ3v) is 6.48. The van der Waals surface area contributed by atoms with Crippen LogP contribution in [0.15, 0.2) is 42.5 Å². The first kappa shape index (κ1) is 17.8. The van der Waals surface area contributed by atoms with Crippen LogP contribution >= 0.6 is 0 Å². The van der Waals surface area contributed by atoms with Gasteiger partial charge in [0.2, 0.25) is 0 Å². The van der Waals surface area contributed by atoms with E-state index in [0.29, 0.717) is 0 Å². The van der Waals surface area contributed by atoms with Crippen molar-refractivity contribution in [2.24, 2.45) is 0 Å². The van der Waals surface area contributed by atoms with Crippen LogP contribution in [0.25, 0.3) is 0 Å². The maximum Gasteiger partial charge on any atom is 0.0905 e. The van der Waals surface area contributed by atoms with Crippen LogP contribution in [0.4, 0.5) is 5.69 Å². The first-order valence-corrected chi connectivity index (χ1v) is 10.1. The molecule has 0 saturated carbocycles. The number of para-hydroxylation sites is 1. The van der Waals surface area contributed by atoms with E-state index in [4.69, 9.17) is 0 Å². The number of hydrogen-bond acceptors (Lipinski definition) is 2. The van der Waals surface area contributed by atoms with Crippen molar-refractivity contribution >= 4 is 25.6 Å². The van der Waals surface area contributed by atoms with Gasteiger partial charge in [0.25, 0.3) is 0 Å². The third-order valence-electron chi connectivity index (χ3n) is 4.31. The lowest BCUT2D eigenvalue weighted by Gasteiger charge is -2.18. The number of nitrogens with zero attached hydrogens (tertiary/aromatic N) is 1. The number of anilines is 1. The number of likely N-dealkylation sites (N-methyl/N-ethyl adjacent to an activating group) is 1. The number of hydrogen-bond donors (Lipinski definition) is 1. The van der Waals surface area contributed by atoms with Crippen molar-refractivity contribution in [2.75, 3.05) is 32.0 Å². The molecule has 0 heterocycles. The minimum Gasteiger partial charge on any atom is -0.384 e. The van der Waals surface area contributed by atoms with E-state index in [9.17, 15) is 0 Å². The molecule has 3 heteroatoms. The Hall–Kier alpha value is -1.58. The summed E-state index contributed by atoms with van der Waals surface area (Å²) in [5, 5.41) is 6.71. The number of rotatable bonds is 8. The first-order chi connectivity index (χ1) is 11.1. The standard InChI is InChI=1S/C20H30N2Si/c1-5-13-22(4)14-12-21-18-8-6-7-9-20(18)23-19-11-10-16(2)15-17(19)3/h6-11,15,21H,5,12-14,23H2,1-4H3. The molecule has 0 saturated heterocycles. The molecule has 0 radical (unpaired) electrons. The lowest BCUT2D eigenvalue weighted by molar-refractivity contribution is 0.348. The molecule has 0 aliphatic heterocycles. The van der Waals surface area contributed by atoms with Crippen LogP contribution in [0.2, 0.25) is 0 Å². The second-order valence-corrected chi connectivity index (χ2v) is 8.37. The van der Waals surface area contributed by atoms with Gasteiger partial charge in [-0.05, 0) is 45.1 Å². The SMILES string of the molecule is CCCN(C)CCNc1ccccc1[SiH2]c1ccc(C)cc1C. The highest BCUT2D eigenvalue weighted by atomic mass is 28.2. The van der Waals surface area contributed by atoms with Gasteiger partial charge in [-0.3, -0.25) is 0 Å². The third kappa shape index (κ3) is 5.52. The molecule has 2 aromatic rings. The summed E-state index contributed by atoms with van der Waals surface area (Å²) >= 11 is 0. The summed E-state index contributed by atoms with van der Waals surface area (Å²) in [6.07, 6.45) is 1.21. The molecular weight excluding hydrogens is 296 g/mol. The minimum atomic E-state index is -0.441. The summed E-state index contributed by atoms with van der Waals surface area (Å²) in [7, 11) is 1.75. The normalized spacial score (nSPS) is 11.5. The minimum absolute atomic E-state index is 0.441. The Morgan fingerprint density at radius 2 is 1.78 bits per heavy atom. The Balaban J connectivity index is 2.02. The van der Waals surface area contributed by atoms with E-state index in [0.717, 1.165) is 13.1 Å². The Labute approximate surface area is 143 Å². The predicted octanol–water partition coefficient (Wildman–Crippen LogP) is 2.18. The summed E-state index contributed by atoms with van der Waals surface area (Å²) in [5.41, 5.74) is 4.11. The van der Waals surface area contributed by atoms with Gasteiger partial charge in [0.15, 0.2) is 0 Å². The molecule has 0 aliphatic carbocycles. The quantitative estimate of drug-likeness (QED) is 0.748. The number of aryl methyl sites for hydroxylation is 2. The lowest BCUT2D eigenvalue weighted by atomic mass is 10.2. The van der Waals surface area contributed by atoms with Crippen LogP contribution in [-0.4, -0.2) is 41.1 Å². The van der Waals surface area contributed by atoms with E-state index in [1.54, 1.807) is 5.19 Å². The molecule has 2 rings (SSSR count). The summed E-state index contributed by atoms with van der Waals surface area (Å²) in [4.78, 5) is 2.39. The second-order valence-electron chi connectivity index (χ2n) is 6.49. The summed E-state index contributed by atoms with van der Waals surface area (Å²) in [6.45, 7) is 9.91. The van der Waals surface area contributed by atoms with E-state index in [-0.39, 0.29) is 0 Å². The largest absolute Gasteiger partial charge is 0.384 e. The zero-order chi connectivity index (χ0) is 16.7. The van der Waals surface area contributed by atoms with E-state index in [1.807, 2.05) is 0 Å². The topological polar surface area (TPSA) is 15.3 Å². The molecular formula is C20H30N2Si. The van der Waals surface area contributed by atoms with E-state index in [1.165, 1.54) is 35.0 Å². The molecule has 124 valence electrons. The average molecular weight is 327 g/mol. The monoisotopic (exact) mass is 326 g/mol. The van der Waals surface area contributed by atoms with Gasteiger partial charge in [0.05, 0.1) is 9.52 Å². The van der Waals surface area contributed by atoms with Crippen molar-refractivity contribution in [3.8, 4) is 0 Å². The smallest absolute Gasteiger partial charge is 0.0905 e. The zero-order valence-corrected chi connectivity index (χ0v) is 16.4. The van der Waals surface area contributed by atoms with Crippen LogP contribution in [0.3, 0.4) is 0 Å². The van der Waals surface area contributed by atoms with Crippen LogP contribution < -0.4 is 15.7 Å². The molecule has 0 aliphatic rings. The molecule has 0 bridgehead atoms. The number of nitrogens with one attached hydrogen (secondary N) is 1. The summed E-state index contributed by atoms with van der Waals surface area (Å²) < 4.78 is 0. The van der Waals surface area contributed by atoms with Gasteiger partial charge in [-0.2, -0.15) is 0 Å². The molecule has 0 unspecified atom stereocenters. The van der Waals surface area contributed by atoms with Gasteiger partial charge >= 0.3 is 0 Å². The highest BCUT2D eigenvalue weighted by Crippen LogP contribution is 2.04. The molecule has 1 N–H and O–H groups in total. The molecule has 23 heavy (non-hydrogen) atoms. The summed E-state index contributed by atoms with van der Waals surface area (Å²) in [5.74, 6) is 0. The maximum atomic E-state index is 3.65. The average Bonchev–Trinajstić information content (AvgIpc) is 2.52. The van der Waals surface area contributed by atoms with Gasteiger partial charge in [-0.15, -0.1) is 0 Å². The molecule has 2 aromatic carbocycles. The van der Waals surface area contributed by atoms with Crippen molar-refractivity contribution in [1.29, 1.82) is 0 Å². The Morgan fingerprint density at radius 3 is 2.52 bits per heavy atom. The van der Waals surface area contributed by atoms with Crippen LogP contribution in [0.5, 0.6) is 0 Å². The fourth-order valence-electron chi connectivity index (χ4n) is 2.97. The van der Waals surface area contributed by atoms with Gasteiger partial charge < -0.3 is 10.2 Å². The molecule has 0 spiro atoms. The number of benzene rings is 2. The van der Waals surface area contributed by atoms with E-state index >= 15 is 0 Å².